The molecule has 1 heterocycles. The minimum atomic E-state index is -1.21. The van der Waals surface area contributed by atoms with Crippen LogP contribution in [0.1, 0.15) is 42.3 Å². The van der Waals surface area contributed by atoms with Crippen LogP contribution >= 0.6 is 0 Å². The second-order valence-corrected chi connectivity index (χ2v) is 9.74. The third kappa shape index (κ3) is 4.70. The van der Waals surface area contributed by atoms with Gasteiger partial charge in [-0.05, 0) is 60.9 Å². The van der Waals surface area contributed by atoms with Crippen molar-refractivity contribution in [1.82, 2.24) is 0 Å². The normalized spacial score (nSPS) is 14.8. The molecule has 0 fully saturated rings. The van der Waals surface area contributed by atoms with Crippen LogP contribution < -0.4 is 10.4 Å². The number of rotatable bonds is 5. The van der Waals surface area contributed by atoms with Crippen LogP contribution in [0.15, 0.2) is 70.9 Å². The van der Waals surface area contributed by atoms with Crippen molar-refractivity contribution >= 4 is 34.7 Å². The Kier molecular flexibility index (Phi) is 6.37. The Morgan fingerprint density at radius 1 is 1.00 bits per heavy atom. The summed E-state index contributed by atoms with van der Waals surface area (Å²) < 4.78 is 0. The van der Waals surface area contributed by atoms with Crippen molar-refractivity contribution in [3.05, 3.63) is 77.4 Å². The summed E-state index contributed by atoms with van der Waals surface area (Å²) in [6, 6.07) is 17.3. The van der Waals surface area contributed by atoms with E-state index in [9.17, 15) is 19.8 Å². The number of nitrogens with zero attached hydrogens (tertiary/aromatic N) is 3. The molecule has 3 N–H and O–H groups in total. The largest absolute Gasteiger partial charge is 0.506 e. The number of benzene rings is 3. The van der Waals surface area contributed by atoms with Crippen molar-refractivity contribution < 1.29 is 19.8 Å². The highest BCUT2D eigenvalue weighted by Gasteiger charge is 2.39. The Bertz CT molecular complexity index is 1430. The molecule has 184 valence electrons. The highest BCUT2D eigenvalue weighted by molar-refractivity contribution is 6.72. The highest BCUT2D eigenvalue weighted by atomic mass is 16.4. The Balaban J connectivity index is 1.67. The summed E-state index contributed by atoms with van der Waals surface area (Å²) in [7, 11) is 0. The summed E-state index contributed by atoms with van der Waals surface area (Å²) in [5, 5.41) is 30.2. The van der Waals surface area contributed by atoms with Crippen molar-refractivity contribution in [2.75, 3.05) is 10.4 Å². The number of hydrazone groups is 2. The fourth-order valence-corrected chi connectivity index (χ4v) is 3.86. The molecule has 0 saturated carbocycles. The molecule has 4 rings (SSSR count). The first-order chi connectivity index (χ1) is 17.0. The monoisotopic (exact) mass is 484 g/mol. The Hall–Kier alpha value is -4.46. The predicted octanol–water partition coefficient (Wildman–Crippen LogP) is 5.59. The zero-order chi connectivity index (χ0) is 26.2. The van der Waals surface area contributed by atoms with Crippen LogP contribution in [0.3, 0.4) is 0 Å². The van der Waals surface area contributed by atoms with Crippen LogP contribution in [-0.4, -0.2) is 33.5 Å². The van der Waals surface area contributed by atoms with Crippen molar-refractivity contribution in [1.29, 1.82) is 0 Å². The standard InChI is InChI=1S/C28H28N4O4/c1-16-12-13-20(14-17(16)2)32-26(34)23(25(31-32)28(3,4)5)30-29-19-9-6-8-18(15-19)21-10-7-11-22(24(21)33)27(35)36/h6-15,29,33H,1-5H3,(H,35,36)/b30-23-. The van der Waals surface area contributed by atoms with E-state index < -0.39 is 11.4 Å². The summed E-state index contributed by atoms with van der Waals surface area (Å²) in [5.41, 5.74) is 7.48. The molecule has 8 nitrogen and oxygen atoms in total. The number of aryl methyl sites for hydroxylation is 2. The second-order valence-electron chi connectivity index (χ2n) is 9.74. The molecule has 0 spiro atoms. The molecule has 1 aliphatic rings. The zero-order valence-corrected chi connectivity index (χ0v) is 20.8. The molecule has 0 saturated heterocycles. The minimum Gasteiger partial charge on any atom is -0.506 e. The van der Waals surface area contributed by atoms with E-state index in [2.05, 4.69) is 15.6 Å². The number of phenols is 1. The van der Waals surface area contributed by atoms with E-state index in [1.807, 2.05) is 52.8 Å². The molecule has 3 aromatic carbocycles. The third-order valence-corrected chi connectivity index (χ3v) is 6.00. The van der Waals surface area contributed by atoms with Gasteiger partial charge in [0.2, 0.25) is 0 Å². The van der Waals surface area contributed by atoms with E-state index in [0.29, 0.717) is 28.2 Å². The Labute approximate surface area is 209 Å². The van der Waals surface area contributed by atoms with Gasteiger partial charge in [-0.2, -0.15) is 15.2 Å². The number of carboxylic acid groups (broad SMARTS) is 1. The van der Waals surface area contributed by atoms with Gasteiger partial charge in [0.05, 0.1) is 17.1 Å². The van der Waals surface area contributed by atoms with Gasteiger partial charge in [-0.1, -0.05) is 51.1 Å². The molecule has 1 aliphatic heterocycles. The summed E-state index contributed by atoms with van der Waals surface area (Å²) >= 11 is 0. The molecular formula is C28H28N4O4. The number of carbonyl (C=O) groups is 2. The van der Waals surface area contributed by atoms with E-state index in [4.69, 9.17) is 0 Å². The lowest BCUT2D eigenvalue weighted by Gasteiger charge is -2.17. The number of carbonyl (C=O) groups excluding carboxylic acids is 1. The van der Waals surface area contributed by atoms with Crippen molar-refractivity contribution in [2.24, 2.45) is 15.6 Å². The van der Waals surface area contributed by atoms with E-state index in [1.165, 1.54) is 11.1 Å². The van der Waals surface area contributed by atoms with Gasteiger partial charge in [0.1, 0.15) is 11.3 Å². The summed E-state index contributed by atoms with van der Waals surface area (Å²) in [5.74, 6) is -1.86. The number of para-hydroxylation sites is 1. The van der Waals surface area contributed by atoms with E-state index >= 15 is 0 Å². The van der Waals surface area contributed by atoms with Crippen LogP contribution in [0.5, 0.6) is 5.75 Å². The maximum atomic E-state index is 13.4. The molecule has 36 heavy (non-hydrogen) atoms. The van der Waals surface area contributed by atoms with E-state index in [0.717, 1.165) is 11.1 Å². The number of hydrogen-bond donors (Lipinski definition) is 3. The number of anilines is 2. The summed E-state index contributed by atoms with van der Waals surface area (Å²) in [6.07, 6.45) is 0. The van der Waals surface area contributed by atoms with Crippen LogP contribution in [0.2, 0.25) is 0 Å². The number of hydrogen-bond acceptors (Lipinski definition) is 6. The van der Waals surface area contributed by atoms with Crippen LogP contribution in [-0.2, 0) is 4.79 Å². The SMILES string of the molecule is Cc1ccc(N2N=C(C(C)(C)C)/C(=N/Nc3cccc(-c4cccc(C(=O)O)c4O)c3)C2=O)cc1C. The third-order valence-electron chi connectivity index (χ3n) is 6.00. The maximum absolute atomic E-state index is 13.4. The molecule has 3 aromatic rings. The lowest BCUT2D eigenvalue weighted by Crippen LogP contribution is -2.33. The molecule has 0 bridgehead atoms. The molecular weight excluding hydrogens is 456 g/mol. The van der Waals surface area contributed by atoms with Gasteiger partial charge in [-0.25, -0.2) is 4.79 Å². The molecule has 0 aromatic heterocycles. The second kappa shape index (κ2) is 9.30. The predicted molar refractivity (Wildman–Crippen MR) is 142 cm³/mol. The van der Waals surface area contributed by atoms with Gasteiger partial charge < -0.3 is 10.2 Å². The topological polar surface area (TPSA) is 115 Å². The first-order valence-corrected chi connectivity index (χ1v) is 11.5. The van der Waals surface area contributed by atoms with Crippen LogP contribution in [0.25, 0.3) is 11.1 Å². The van der Waals surface area contributed by atoms with Crippen molar-refractivity contribution in [2.45, 2.75) is 34.6 Å². The Morgan fingerprint density at radius 2 is 1.72 bits per heavy atom. The van der Waals surface area contributed by atoms with Gasteiger partial charge in [-0.15, -0.1) is 0 Å². The number of aromatic hydroxyl groups is 1. The Morgan fingerprint density at radius 3 is 2.39 bits per heavy atom. The smallest absolute Gasteiger partial charge is 0.339 e. The molecule has 0 unspecified atom stereocenters. The summed E-state index contributed by atoms with van der Waals surface area (Å²) in [4.78, 5) is 24.8. The van der Waals surface area contributed by atoms with E-state index in [-0.39, 0.29) is 22.9 Å². The molecule has 0 atom stereocenters. The van der Waals surface area contributed by atoms with Gasteiger partial charge in [0, 0.05) is 11.0 Å². The van der Waals surface area contributed by atoms with Gasteiger partial charge in [-0.3, -0.25) is 10.2 Å². The average Bonchev–Trinajstić information content (AvgIpc) is 3.16. The number of amides is 1. The maximum Gasteiger partial charge on any atom is 0.339 e. The van der Waals surface area contributed by atoms with Crippen LogP contribution in [0.4, 0.5) is 11.4 Å². The van der Waals surface area contributed by atoms with E-state index in [1.54, 1.807) is 36.4 Å². The first kappa shape index (κ1) is 24.7. The van der Waals surface area contributed by atoms with Crippen molar-refractivity contribution in [3.8, 4) is 16.9 Å². The lowest BCUT2D eigenvalue weighted by atomic mass is 9.87. The van der Waals surface area contributed by atoms with Gasteiger partial charge in [0.25, 0.3) is 0 Å². The van der Waals surface area contributed by atoms with Gasteiger partial charge >= 0.3 is 11.9 Å². The molecule has 1 amide bonds. The number of nitrogens with one attached hydrogen (secondary N) is 1. The highest BCUT2D eigenvalue weighted by Crippen LogP contribution is 2.34. The minimum absolute atomic E-state index is 0.180. The van der Waals surface area contributed by atoms with Crippen LogP contribution in [0, 0.1) is 19.3 Å². The zero-order valence-electron chi connectivity index (χ0n) is 20.8. The quantitative estimate of drug-likeness (QED) is 0.408. The molecule has 0 radical (unpaired) electrons. The van der Waals surface area contributed by atoms with Gasteiger partial charge in [0.15, 0.2) is 5.71 Å². The fraction of sp³-hybridized carbons (Fsp3) is 0.214. The van der Waals surface area contributed by atoms with Crippen molar-refractivity contribution in [3.63, 3.8) is 0 Å². The fourth-order valence-electron chi connectivity index (χ4n) is 3.86. The molecule has 0 aliphatic carbocycles. The number of carboxylic acids is 1. The lowest BCUT2D eigenvalue weighted by molar-refractivity contribution is -0.112. The summed E-state index contributed by atoms with van der Waals surface area (Å²) in [6.45, 7) is 9.91. The number of aromatic carboxylic acids is 1. The molecule has 8 heteroatoms. The first-order valence-electron chi connectivity index (χ1n) is 11.5. The average molecular weight is 485 g/mol.